The molecular weight excluding hydrogens is 460 g/mol. The molecule has 198 valence electrons. The minimum Gasteiger partial charge on any atom is -0.461 e. The molecule has 3 unspecified atom stereocenters. The van der Waals surface area contributed by atoms with Gasteiger partial charge in [0.2, 0.25) is 11.7 Å². The highest BCUT2D eigenvalue weighted by atomic mass is 16.5. The summed E-state index contributed by atoms with van der Waals surface area (Å²) in [6, 6.07) is 8.47. The molecule has 8 heteroatoms. The van der Waals surface area contributed by atoms with Crippen molar-refractivity contribution in [3.05, 3.63) is 35.9 Å². The highest BCUT2D eigenvalue weighted by molar-refractivity contribution is 6.37. The summed E-state index contributed by atoms with van der Waals surface area (Å²) >= 11 is 0. The van der Waals surface area contributed by atoms with Gasteiger partial charge >= 0.3 is 5.97 Å². The van der Waals surface area contributed by atoms with Crippen LogP contribution in [0.2, 0.25) is 0 Å². The molecule has 1 aliphatic rings. The van der Waals surface area contributed by atoms with E-state index in [0.29, 0.717) is 13.0 Å². The number of hydrogen-bond acceptors (Lipinski definition) is 6. The van der Waals surface area contributed by atoms with Gasteiger partial charge in [0.05, 0.1) is 18.4 Å². The van der Waals surface area contributed by atoms with Crippen LogP contribution in [0.25, 0.3) is 0 Å². The van der Waals surface area contributed by atoms with E-state index in [9.17, 15) is 24.0 Å². The SMILES string of the molecule is CC(C)C(CC(=O)OCc1ccccc1)C(=O)NC(C(=O)CC1CCCCCNC(=O)C1=O)C(C)C. The number of carbonyl (C=O) groups is 5. The van der Waals surface area contributed by atoms with Gasteiger partial charge in [0.15, 0.2) is 5.78 Å². The van der Waals surface area contributed by atoms with Crippen LogP contribution in [0.15, 0.2) is 30.3 Å². The van der Waals surface area contributed by atoms with Crippen molar-refractivity contribution in [2.75, 3.05) is 6.54 Å². The van der Waals surface area contributed by atoms with Gasteiger partial charge in [0.25, 0.3) is 5.91 Å². The van der Waals surface area contributed by atoms with Crippen molar-refractivity contribution in [3.8, 4) is 0 Å². The molecule has 1 aromatic carbocycles. The minimum atomic E-state index is -0.817. The summed E-state index contributed by atoms with van der Waals surface area (Å²) in [6.45, 7) is 7.91. The third kappa shape index (κ3) is 9.21. The molecule has 1 heterocycles. The molecular formula is C28H40N2O6. The van der Waals surface area contributed by atoms with Crippen molar-refractivity contribution in [3.63, 3.8) is 0 Å². The van der Waals surface area contributed by atoms with E-state index >= 15 is 0 Å². The van der Waals surface area contributed by atoms with E-state index < -0.39 is 41.4 Å². The van der Waals surface area contributed by atoms with E-state index in [1.165, 1.54) is 0 Å². The lowest BCUT2D eigenvalue weighted by Crippen LogP contribution is -2.49. The van der Waals surface area contributed by atoms with E-state index in [0.717, 1.165) is 24.8 Å². The predicted molar refractivity (Wildman–Crippen MR) is 136 cm³/mol. The fraction of sp³-hybridized carbons (Fsp3) is 0.607. The largest absolute Gasteiger partial charge is 0.461 e. The zero-order valence-electron chi connectivity index (χ0n) is 21.9. The number of nitrogens with one attached hydrogen (secondary N) is 2. The number of esters is 1. The van der Waals surface area contributed by atoms with E-state index in [-0.39, 0.29) is 37.1 Å². The van der Waals surface area contributed by atoms with Gasteiger partial charge in [0.1, 0.15) is 6.61 Å². The molecule has 1 fully saturated rings. The molecule has 1 aromatic rings. The third-order valence-electron chi connectivity index (χ3n) is 6.64. The van der Waals surface area contributed by atoms with Crippen molar-refractivity contribution in [2.24, 2.45) is 23.7 Å². The van der Waals surface area contributed by atoms with Gasteiger partial charge in [-0.3, -0.25) is 24.0 Å². The van der Waals surface area contributed by atoms with Crippen molar-refractivity contribution in [1.82, 2.24) is 10.6 Å². The minimum absolute atomic E-state index is 0.0964. The van der Waals surface area contributed by atoms with Crippen LogP contribution in [0, 0.1) is 23.7 Å². The maximum Gasteiger partial charge on any atom is 0.306 e. The highest BCUT2D eigenvalue weighted by Crippen LogP contribution is 2.22. The third-order valence-corrected chi connectivity index (χ3v) is 6.64. The molecule has 1 aliphatic heterocycles. The molecule has 3 atom stereocenters. The number of hydrogen-bond donors (Lipinski definition) is 2. The lowest BCUT2D eigenvalue weighted by Gasteiger charge is -2.27. The smallest absolute Gasteiger partial charge is 0.306 e. The zero-order chi connectivity index (χ0) is 26.7. The van der Waals surface area contributed by atoms with Crippen molar-refractivity contribution >= 4 is 29.4 Å². The molecule has 0 aromatic heterocycles. The Labute approximate surface area is 213 Å². The fourth-order valence-electron chi connectivity index (χ4n) is 4.35. The summed E-state index contributed by atoms with van der Waals surface area (Å²) in [5, 5.41) is 5.44. The van der Waals surface area contributed by atoms with E-state index in [1.807, 2.05) is 58.0 Å². The number of rotatable bonds is 11. The molecule has 1 saturated heterocycles. The summed E-state index contributed by atoms with van der Waals surface area (Å²) in [6.07, 6.45) is 2.71. The summed E-state index contributed by atoms with van der Waals surface area (Å²) in [4.78, 5) is 63.5. The van der Waals surface area contributed by atoms with Crippen LogP contribution in [-0.4, -0.2) is 41.9 Å². The van der Waals surface area contributed by atoms with Gasteiger partial charge in [-0.25, -0.2) is 0 Å². The average Bonchev–Trinajstić information content (AvgIpc) is 2.91. The Balaban J connectivity index is 2.02. The van der Waals surface area contributed by atoms with Gasteiger partial charge in [0, 0.05) is 18.9 Å². The standard InChI is InChI=1S/C28H40N2O6/c1-18(2)22(16-24(32)36-17-20-11-7-5-8-12-20)27(34)30-25(19(3)4)23(31)15-21-13-9-6-10-14-29-28(35)26(21)33/h5,7-8,11-12,18-19,21-22,25H,6,9-10,13-17H2,1-4H3,(H,29,35)(H,30,34). The van der Waals surface area contributed by atoms with E-state index in [2.05, 4.69) is 10.6 Å². The lowest BCUT2D eigenvalue weighted by atomic mass is 9.86. The second-order valence-electron chi connectivity index (χ2n) is 10.3. The average molecular weight is 501 g/mol. The van der Waals surface area contributed by atoms with Gasteiger partial charge < -0.3 is 15.4 Å². The van der Waals surface area contributed by atoms with Crippen LogP contribution in [0.4, 0.5) is 0 Å². The maximum absolute atomic E-state index is 13.2. The molecule has 2 rings (SSSR count). The Bertz CT molecular complexity index is 912. The predicted octanol–water partition coefficient (Wildman–Crippen LogP) is 3.37. The first-order valence-electron chi connectivity index (χ1n) is 12.9. The number of carbonyl (C=O) groups excluding carboxylic acids is 5. The first kappa shape index (κ1) is 29.2. The normalized spacial score (nSPS) is 18.4. The molecule has 0 saturated carbocycles. The molecule has 0 aliphatic carbocycles. The van der Waals surface area contributed by atoms with Crippen LogP contribution in [0.1, 0.15) is 71.8 Å². The first-order chi connectivity index (χ1) is 17.1. The molecule has 0 spiro atoms. The zero-order valence-corrected chi connectivity index (χ0v) is 21.9. The summed E-state index contributed by atoms with van der Waals surface area (Å²) in [5.41, 5.74) is 0.856. The molecule has 0 bridgehead atoms. The Morgan fingerprint density at radius 3 is 2.33 bits per heavy atom. The van der Waals surface area contributed by atoms with Crippen molar-refractivity contribution < 1.29 is 28.7 Å². The summed E-state index contributed by atoms with van der Waals surface area (Å²) in [5.74, 6) is -4.11. The summed E-state index contributed by atoms with van der Waals surface area (Å²) in [7, 11) is 0. The number of amides is 2. The molecule has 0 radical (unpaired) electrons. The Morgan fingerprint density at radius 2 is 1.69 bits per heavy atom. The van der Waals surface area contributed by atoms with Gasteiger partial charge in [-0.2, -0.15) is 0 Å². The van der Waals surface area contributed by atoms with Crippen LogP contribution < -0.4 is 10.6 Å². The molecule has 8 nitrogen and oxygen atoms in total. The van der Waals surface area contributed by atoms with E-state index in [1.54, 1.807) is 0 Å². The van der Waals surface area contributed by atoms with Crippen LogP contribution in [0.5, 0.6) is 0 Å². The molecule has 2 amide bonds. The van der Waals surface area contributed by atoms with E-state index in [4.69, 9.17) is 4.74 Å². The van der Waals surface area contributed by atoms with Gasteiger partial charge in [-0.15, -0.1) is 0 Å². The monoisotopic (exact) mass is 500 g/mol. The van der Waals surface area contributed by atoms with Crippen molar-refractivity contribution in [1.29, 1.82) is 0 Å². The maximum atomic E-state index is 13.2. The van der Waals surface area contributed by atoms with Gasteiger partial charge in [-0.1, -0.05) is 70.9 Å². The number of ketones is 2. The Hall–Kier alpha value is -3.03. The summed E-state index contributed by atoms with van der Waals surface area (Å²) < 4.78 is 5.35. The number of benzene rings is 1. The topological polar surface area (TPSA) is 119 Å². The number of ether oxygens (including phenoxy) is 1. The van der Waals surface area contributed by atoms with Crippen LogP contribution in [-0.2, 0) is 35.3 Å². The Kier molecular flexibility index (Phi) is 11.8. The van der Waals surface area contributed by atoms with Crippen molar-refractivity contribution in [2.45, 2.75) is 78.9 Å². The lowest BCUT2D eigenvalue weighted by molar-refractivity contribution is -0.149. The fourth-order valence-corrected chi connectivity index (χ4v) is 4.35. The quantitative estimate of drug-likeness (QED) is 0.355. The molecule has 2 N–H and O–H groups in total. The molecule has 36 heavy (non-hydrogen) atoms. The first-order valence-corrected chi connectivity index (χ1v) is 12.9. The highest BCUT2D eigenvalue weighted by Gasteiger charge is 2.34. The second kappa shape index (κ2) is 14.5. The van der Waals surface area contributed by atoms with Gasteiger partial charge in [-0.05, 0) is 30.2 Å². The number of Topliss-reactive ketones (excluding diaryl/α,β-unsaturated/α-hetero) is 2. The van der Waals surface area contributed by atoms with Crippen LogP contribution in [0.3, 0.4) is 0 Å². The Morgan fingerprint density at radius 1 is 1.00 bits per heavy atom. The second-order valence-corrected chi connectivity index (χ2v) is 10.3. The van der Waals surface area contributed by atoms with Crippen LogP contribution >= 0.6 is 0 Å².